The maximum Gasteiger partial charge on any atom is 0.311 e. The molecule has 18 nitrogen and oxygen atoms in total. The van der Waals surface area contributed by atoms with Gasteiger partial charge in [-0.25, -0.2) is 25.3 Å². The van der Waals surface area contributed by atoms with Crippen molar-refractivity contribution in [1.82, 2.24) is 0 Å². The summed E-state index contributed by atoms with van der Waals surface area (Å²) in [6.45, 7) is 77.4. The summed E-state index contributed by atoms with van der Waals surface area (Å²) in [6.07, 6.45) is 12.5. The van der Waals surface area contributed by atoms with Crippen molar-refractivity contribution < 1.29 is 81.6 Å². The molecule has 6 fully saturated rings. The smallest absolute Gasteiger partial charge is 0.311 e. The molecule has 0 spiro atoms. The van der Waals surface area contributed by atoms with Crippen LogP contribution in [-0.2, 0) is 80.7 Å². The van der Waals surface area contributed by atoms with Crippen molar-refractivity contribution in [3.63, 3.8) is 0 Å². The van der Waals surface area contributed by atoms with Gasteiger partial charge in [0.2, 0.25) is 0 Å². The Labute approximate surface area is 788 Å². The van der Waals surface area contributed by atoms with Gasteiger partial charge in [0.25, 0.3) is 0 Å². The molecule has 129 heavy (non-hydrogen) atoms. The number of aliphatic hydroxyl groups is 1. The normalized spacial score (nSPS) is 29.7. The number of esters is 1. The fourth-order valence-corrected chi connectivity index (χ4v) is 27.2. The molecule has 0 amide bonds. The van der Waals surface area contributed by atoms with Crippen LogP contribution in [0.2, 0.25) is 54.4 Å². The minimum atomic E-state index is -3.52. The number of rotatable bonds is 40. The van der Waals surface area contributed by atoms with Crippen molar-refractivity contribution in [3.8, 4) is 0 Å². The zero-order chi connectivity index (χ0) is 96.5. The van der Waals surface area contributed by atoms with Crippen molar-refractivity contribution in [3.05, 3.63) is 127 Å². The van der Waals surface area contributed by atoms with E-state index in [2.05, 4.69) is 191 Å². The van der Waals surface area contributed by atoms with Gasteiger partial charge in [0, 0.05) is 63.4 Å². The molecule has 6 aliphatic rings. The van der Waals surface area contributed by atoms with Gasteiger partial charge in [-0.05, 0) is 252 Å². The highest BCUT2D eigenvalue weighted by molar-refractivity contribution is 7.92. The molecule has 6 saturated heterocycles. The Bertz CT molecular complexity index is 4130. The maximum atomic E-state index is 13.7. The van der Waals surface area contributed by atoms with E-state index in [-0.39, 0.29) is 166 Å². The van der Waals surface area contributed by atoms with Crippen LogP contribution in [0.3, 0.4) is 0 Å². The zero-order valence-electron chi connectivity index (χ0n) is 85.2. The van der Waals surface area contributed by atoms with Crippen LogP contribution in [0.15, 0.2) is 142 Å². The third-order valence-electron chi connectivity index (χ3n) is 30.8. The number of unbranched alkanes of at least 4 members (excludes halogenated alkanes) is 1. The second kappa shape index (κ2) is 48.2. The number of sulfone groups is 3. The minimum absolute atomic E-state index is 0.0147. The van der Waals surface area contributed by atoms with Gasteiger partial charge in [0.15, 0.2) is 54.5 Å². The highest BCUT2D eigenvalue weighted by atomic mass is 32.2. The number of ether oxygens (including phenoxy) is 7. The molecule has 0 aromatic heterocycles. The third kappa shape index (κ3) is 32.5. The lowest BCUT2D eigenvalue weighted by Gasteiger charge is -2.38. The van der Waals surface area contributed by atoms with E-state index in [0.717, 1.165) is 93.8 Å². The maximum absolute atomic E-state index is 13.7. The third-order valence-corrected chi connectivity index (χ3v) is 49.7. The van der Waals surface area contributed by atoms with E-state index >= 15 is 0 Å². The summed E-state index contributed by atoms with van der Waals surface area (Å²) < 4.78 is 147. The highest BCUT2D eigenvalue weighted by Gasteiger charge is 2.52. The van der Waals surface area contributed by atoms with E-state index < -0.39 is 59.9 Å². The summed E-state index contributed by atoms with van der Waals surface area (Å²) >= 11 is 0. The predicted octanol–water partition coefficient (Wildman–Crippen LogP) is 24.1. The van der Waals surface area contributed by atoms with E-state index in [0.29, 0.717) is 90.5 Å². The molecule has 9 rings (SSSR count). The van der Waals surface area contributed by atoms with E-state index in [1.54, 1.807) is 72.8 Å². The molecule has 6 unspecified atom stereocenters. The van der Waals surface area contributed by atoms with Crippen molar-refractivity contribution in [2.24, 2.45) is 76.4 Å². The van der Waals surface area contributed by atoms with Gasteiger partial charge >= 0.3 is 5.97 Å². The predicted molar refractivity (Wildman–Crippen MR) is 534 cm³/mol. The van der Waals surface area contributed by atoms with Gasteiger partial charge in [0.1, 0.15) is 0 Å². The topological polar surface area (TPSA) is 232 Å². The second-order valence-electron chi connectivity index (χ2n) is 45.8. The molecule has 6 heterocycles. The average molecular weight is 1910 g/mol. The van der Waals surface area contributed by atoms with Gasteiger partial charge in [-0.1, -0.05) is 219 Å². The fraction of sp³-hybridized carbons (Fsp3) is 0.762. The zero-order valence-corrected chi connectivity index (χ0v) is 90.7. The molecule has 1 N–H and O–H groups in total. The number of carbonyl (C=O) groups excluding carboxylic acids is 1. The van der Waals surface area contributed by atoms with Crippen molar-refractivity contribution in [2.75, 3.05) is 50.3 Å². The first-order valence-electron chi connectivity index (χ1n) is 49.2. The summed E-state index contributed by atoms with van der Waals surface area (Å²) in [5.74, 6) is 1.65. The monoisotopic (exact) mass is 1910 g/mol. The Morgan fingerprint density at radius 2 is 0.682 bits per heavy atom. The van der Waals surface area contributed by atoms with Crippen LogP contribution >= 0.6 is 0 Å². The molecular formula is C105H178O18S3Si3. The summed E-state index contributed by atoms with van der Waals surface area (Å²) in [5, 5.41) is 9.80. The number of aliphatic hydroxyl groups excluding tert-OH is 1. The van der Waals surface area contributed by atoms with Crippen LogP contribution in [0.5, 0.6) is 0 Å². The van der Waals surface area contributed by atoms with E-state index in [4.69, 9.17) is 46.4 Å². The minimum Gasteiger partial charge on any atom is -0.465 e. The molecule has 24 heteroatoms. The molecule has 736 valence electrons. The quantitative estimate of drug-likeness (QED) is 0.0241. The lowest BCUT2D eigenvalue weighted by molar-refractivity contribution is -0.153. The lowest BCUT2D eigenvalue weighted by atomic mass is 9.81. The van der Waals surface area contributed by atoms with Gasteiger partial charge in [-0.2, -0.15) is 0 Å². The Hall–Kier alpha value is -3.55. The molecule has 24 atom stereocenters. The Morgan fingerprint density at radius 1 is 0.419 bits per heavy atom. The standard InChI is InChI=1S/C38H64O7SSi.C34H58O5SSi.C33H56O6SSi/c1-26(24-43-47(11,12)38(8,9)10)21-33-29(4)32(25-46(40,41)31-18-14-13-15-19-31)35(45-33)23-34-28(3)27(2)22-30(44-34)17-16-20-42-36(39)37(5,6)7;1-11-12-16-28-20-25(3)26(4)32(38-28)21-33-30(23-40(35,36)29-17-14-13-15-18-29)27(5)31(39-33)19-24(2)22-37-41(9,10)34(6,7)8;1-23(21-37-41(8,9)33(5,6)7)18-30-26(4)29(22-40(35,36)28-15-11-10-12-16-28)32(39-30)20-31-25(3)24(2)19-27(38-31)14-13-17-34/h13-15,18-19,26-27,29-30,32-35H,3,16-17,20-25H2,1-2,4-12H3;13-15,17-18,24-25,27-28,30-33H,4,11-12,16,19-23H2,1-3,5-10H3;10-12,15-16,23-24,26-27,29-32,34H,3,13-14,17-22H2,1-2,4-9H3/t26-,27+,29+,30-,32?,33+,34?,35-;24-,25+,27+,28-,30?,31+,32?,33-;23-,24+,26+,27-,29?,30+,31?,32-/m000/s1. The molecule has 3 aromatic carbocycles. The van der Waals surface area contributed by atoms with E-state index in [1.165, 1.54) is 0 Å². The van der Waals surface area contributed by atoms with E-state index in [1.807, 2.05) is 39.0 Å². The number of benzene rings is 3. The molecule has 0 radical (unpaired) electrons. The molecule has 0 aliphatic carbocycles. The lowest BCUT2D eigenvalue weighted by Crippen LogP contribution is -2.42. The van der Waals surface area contributed by atoms with Crippen LogP contribution in [-0.4, -0.2) is 185 Å². The fourth-order valence-electron chi connectivity index (χ4n) is 18.5. The molecule has 6 aliphatic heterocycles. The van der Waals surface area contributed by atoms with Crippen molar-refractivity contribution in [1.29, 1.82) is 0 Å². The second-order valence-corrected chi connectivity index (χ2v) is 66.4. The first-order valence-corrected chi connectivity index (χ1v) is 62.9. The Kier molecular flexibility index (Phi) is 42.0. The van der Waals surface area contributed by atoms with Gasteiger partial charge < -0.3 is 51.5 Å². The first-order chi connectivity index (χ1) is 59.7. The highest BCUT2D eigenvalue weighted by Crippen LogP contribution is 2.49. The van der Waals surface area contributed by atoms with E-state index in [9.17, 15) is 35.2 Å². The van der Waals surface area contributed by atoms with Crippen LogP contribution < -0.4 is 0 Å². The van der Waals surface area contributed by atoms with Crippen LogP contribution in [0.25, 0.3) is 0 Å². The van der Waals surface area contributed by atoms with Gasteiger partial charge in [0.05, 0.1) is 117 Å². The van der Waals surface area contributed by atoms with Gasteiger partial charge in [-0.3, -0.25) is 4.79 Å². The Morgan fingerprint density at radius 3 is 0.930 bits per heavy atom. The van der Waals surface area contributed by atoms with Crippen LogP contribution in [0.1, 0.15) is 255 Å². The van der Waals surface area contributed by atoms with Crippen LogP contribution in [0.4, 0.5) is 0 Å². The summed E-state index contributed by atoms with van der Waals surface area (Å²) in [6, 6.07) is 26.4. The first kappa shape index (κ1) is 112. The molecular weight excluding hydrogens is 1730 g/mol. The largest absolute Gasteiger partial charge is 0.465 e. The summed E-state index contributed by atoms with van der Waals surface area (Å²) in [7, 11) is -16.0. The van der Waals surface area contributed by atoms with Gasteiger partial charge in [-0.15, -0.1) is 0 Å². The number of hydrogen-bond acceptors (Lipinski definition) is 18. The summed E-state index contributed by atoms with van der Waals surface area (Å²) in [5.41, 5.74) is 2.71. The summed E-state index contributed by atoms with van der Waals surface area (Å²) in [4.78, 5) is 13.3. The average Bonchev–Trinajstić information content (AvgIpc) is 1.65. The van der Waals surface area contributed by atoms with Crippen LogP contribution in [0, 0.1) is 76.4 Å². The molecule has 0 bridgehead atoms. The van der Waals surface area contributed by atoms with Crippen molar-refractivity contribution >= 4 is 60.4 Å². The molecule has 3 aromatic rings. The Balaban J connectivity index is 0.000000266. The number of carbonyl (C=O) groups is 1. The number of hydrogen-bond donors (Lipinski definition) is 1. The SMILES string of the molecule is C=C1C(C[C@@H]2O[C@H](C[C@H](C)CO[Si](C)(C)C(C)(C)C)[C@H](C)C2CS(=O)(=O)c2ccccc2)O[C@@H](CCCC)C[C@H]1C.C=C1C(C[C@@H]2O[C@H](C[C@H](C)CO[Si](C)(C)C(C)(C)C)[C@H](C)C2CS(=O)(=O)c2ccccc2)O[C@@H](CCCO)C[C@H]1C.C=C1C(C[C@@H]2O[C@H](C[C@H](C)CO[Si](C)(C)C(C)(C)C)[C@H](C)C2CS(=O)(=O)c2ccccc2)O[C@@H](CCCOC(=O)C(C)(C)C)C[C@H]1C. The molecule has 0 saturated carbocycles. The van der Waals surface area contributed by atoms with Crippen molar-refractivity contribution in [2.45, 2.75) is 397 Å².